The molecule has 0 bridgehead atoms. The minimum absolute atomic E-state index is 0.155. The molecule has 2 aromatic heterocycles. The summed E-state index contributed by atoms with van der Waals surface area (Å²) in [6.45, 7) is 1.39. The minimum atomic E-state index is -0.937. The zero-order valence-corrected chi connectivity index (χ0v) is 15.1. The molecule has 0 spiro atoms. The molecule has 0 atom stereocenters. The van der Waals surface area contributed by atoms with E-state index < -0.39 is 35.2 Å². The summed E-state index contributed by atoms with van der Waals surface area (Å²) in [6, 6.07) is 2.35. The van der Waals surface area contributed by atoms with Gasteiger partial charge in [0.2, 0.25) is 5.78 Å². The molecule has 27 heavy (non-hydrogen) atoms. The zero-order chi connectivity index (χ0) is 20.3. The van der Waals surface area contributed by atoms with Crippen molar-refractivity contribution in [2.24, 2.45) is 14.1 Å². The highest BCUT2D eigenvalue weighted by Crippen LogP contribution is 2.05. The number of Topliss-reactive ketones (excluding diaryl/α,β-unsaturated/α-hetero) is 1. The fourth-order valence-corrected chi connectivity index (χ4v) is 2.33. The number of hydrogen-bond donors (Lipinski definition) is 1. The summed E-state index contributed by atoms with van der Waals surface area (Å²) in [4.78, 5) is 59.9. The number of aromatic nitrogens is 4. The van der Waals surface area contributed by atoms with Crippen LogP contribution in [-0.2, 0) is 25.4 Å². The summed E-state index contributed by atoms with van der Waals surface area (Å²) in [7, 11) is 2.51. The van der Waals surface area contributed by atoms with Gasteiger partial charge in [0.15, 0.2) is 12.3 Å². The maximum absolute atomic E-state index is 12.3. The van der Waals surface area contributed by atoms with Gasteiger partial charge >= 0.3 is 11.7 Å². The number of nitrogens with two attached hydrogens (primary N) is 1. The van der Waals surface area contributed by atoms with Crippen LogP contribution < -0.4 is 22.5 Å². The van der Waals surface area contributed by atoms with Crippen molar-refractivity contribution < 1.29 is 14.3 Å². The quantitative estimate of drug-likeness (QED) is 0.481. The molecule has 0 aliphatic carbocycles. The molecule has 0 aliphatic heterocycles. The fraction of sp³-hybridized carbons (Fsp3) is 0.375. The van der Waals surface area contributed by atoms with Gasteiger partial charge in [0.1, 0.15) is 11.4 Å². The highest BCUT2D eigenvalue weighted by molar-refractivity contribution is 6.02. The Bertz CT molecular complexity index is 1080. The van der Waals surface area contributed by atoms with E-state index in [2.05, 4.69) is 5.10 Å². The predicted octanol–water partition coefficient (Wildman–Crippen LogP) is -1.33. The second-order valence-electron chi connectivity index (χ2n) is 5.75. The van der Waals surface area contributed by atoms with Gasteiger partial charge < -0.3 is 10.5 Å². The molecule has 11 heteroatoms. The van der Waals surface area contributed by atoms with Crippen molar-refractivity contribution in [1.82, 2.24) is 18.9 Å². The number of rotatable bonds is 6. The highest BCUT2D eigenvalue weighted by Gasteiger charge is 2.22. The third kappa shape index (κ3) is 3.86. The summed E-state index contributed by atoms with van der Waals surface area (Å²) in [6.07, 6.45) is 0.638. The van der Waals surface area contributed by atoms with Crippen molar-refractivity contribution in [2.75, 3.05) is 12.3 Å². The van der Waals surface area contributed by atoms with Gasteiger partial charge in [0.05, 0.1) is 0 Å². The second kappa shape index (κ2) is 7.81. The largest absolute Gasteiger partial charge is 0.453 e. The lowest BCUT2D eigenvalue weighted by Crippen LogP contribution is -2.42. The number of carbonyl (C=O) groups is 2. The van der Waals surface area contributed by atoms with Crippen LogP contribution in [0.15, 0.2) is 26.5 Å². The van der Waals surface area contributed by atoms with Crippen LogP contribution in [0.1, 0.15) is 34.2 Å². The van der Waals surface area contributed by atoms with Gasteiger partial charge in [-0.05, 0) is 12.5 Å². The Morgan fingerprint density at radius 3 is 2.44 bits per heavy atom. The lowest BCUT2D eigenvalue weighted by molar-refractivity contribution is 0.0465. The van der Waals surface area contributed by atoms with Crippen molar-refractivity contribution in [3.05, 3.63) is 54.6 Å². The first-order valence-corrected chi connectivity index (χ1v) is 8.03. The minimum Gasteiger partial charge on any atom is -0.453 e. The summed E-state index contributed by atoms with van der Waals surface area (Å²) in [5, 5.41) is 3.87. The van der Waals surface area contributed by atoms with Gasteiger partial charge in [-0.3, -0.25) is 23.5 Å². The third-order valence-corrected chi connectivity index (χ3v) is 3.83. The van der Waals surface area contributed by atoms with Crippen LogP contribution in [-0.4, -0.2) is 37.3 Å². The Hall–Kier alpha value is -3.50. The molecule has 0 radical (unpaired) electrons. The van der Waals surface area contributed by atoms with Crippen LogP contribution in [0.4, 0.5) is 5.82 Å². The molecule has 0 saturated heterocycles. The van der Waals surface area contributed by atoms with E-state index in [1.165, 1.54) is 26.2 Å². The highest BCUT2D eigenvalue weighted by atomic mass is 16.5. The first kappa shape index (κ1) is 19.8. The van der Waals surface area contributed by atoms with Gasteiger partial charge in [0, 0.05) is 26.7 Å². The zero-order valence-electron chi connectivity index (χ0n) is 15.1. The van der Waals surface area contributed by atoms with E-state index in [0.29, 0.717) is 13.0 Å². The predicted molar refractivity (Wildman–Crippen MR) is 94.7 cm³/mol. The van der Waals surface area contributed by atoms with Gasteiger partial charge in [-0.15, -0.1) is 0 Å². The Morgan fingerprint density at radius 2 is 1.81 bits per heavy atom. The van der Waals surface area contributed by atoms with Crippen molar-refractivity contribution in [3.8, 4) is 0 Å². The SMILES string of the molecule is CCCn1nc(C(=O)OCC(=O)c2c(N)n(C)c(=O)n(C)c2=O)ccc1=O. The van der Waals surface area contributed by atoms with Crippen LogP contribution in [0.5, 0.6) is 0 Å². The normalized spacial score (nSPS) is 10.6. The first-order chi connectivity index (χ1) is 12.7. The molecule has 0 fully saturated rings. The van der Waals surface area contributed by atoms with E-state index >= 15 is 0 Å². The summed E-state index contributed by atoms with van der Waals surface area (Å²) in [5.74, 6) is -2.12. The third-order valence-electron chi connectivity index (χ3n) is 3.83. The number of anilines is 1. The van der Waals surface area contributed by atoms with E-state index in [1.807, 2.05) is 6.92 Å². The number of ether oxygens (including phenoxy) is 1. The number of esters is 1. The molecule has 0 aromatic carbocycles. The topological polar surface area (TPSA) is 148 Å². The summed E-state index contributed by atoms with van der Waals surface area (Å²) < 4.78 is 7.66. The molecular formula is C16H19N5O6. The molecule has 2 aromatic rings. The molecule has 11 nitrogen and oxygen atoms in total. The standard InChI is InChI=1S/C16H19N5O6/c1-4-7-21-11(23)6-5-9(18-21)15(25)27-8-10(22)12-13(17)19(2)16(26)20(3)14(12)24/h5-6H,4,7-8,17H2,1-3H3. The van der Waals surface area contributed by atoms with Crippen LogP contribution in [0.2, 0.25) is 0 Å². The number of carbonyl (C=O) groups excluding carboxylic acids is 2. The Labute approximate surface area is 152 Å². The van der Waals surface area contributed by atoms with Crippen LogP contribution in [0.25, 0.3) is 0 Å². The molecular weight excluding hydrogens is 358 g/mol. The van der Waals surface area contributed by atoms with Crippen LogP contribution in [0.3, 0.4) is 0 Å². The van der Waals surface area contributed by atoms with Crippen molar-refractivity contribution in [1.29, 1.82) is 0 Å². The molecule has 0 aliphatic rings. The van der Waals surface area contributed by atoms with E-state index in [9.17, 15) is 24.0 Å². The lowest BCUT2D eigenvalue weighted by Gasteiger charge is -2.11. The van der Waals surface area contributed by atoms with Gasteiger partial charge in [0.25, 0.3) is 11.1 Å². The van der Waals surface area contributed by atoms with Crippen LogP contribution >= 0.6 is 0 Å². The molecule has 2 N–H and O–H groups in total. The molecule has 0 amide bonds. The Kier molecular flexibility index (Phi) is 5.73. The Morgan fingerprint density at radius 1 is 1.15 bits per heavy atom. The van der Waals surface area contributed by atoms with Gasteiger partial charge in [-0.25, -0.2) is 14.3 Å². The Balaban J connectivity index is 2.23. The smallest absolute Gasteiger partial charge is 0.359 e. The number of nitrogens with zero attached hydrogens (tertiary/aromatic N) is 4. The maximum atomic E-state index is 12.3. The maximum Gasteiger partial charge on any atom is 0.359 e. The van der Waals surface area contributed by atoms with Gasteiger partial charge in [-0.1, -0.05) is 6.92 Å². The second-order valence-corrected chi connectivity index (χ2v) is 5.75. The number of ketones is 1. The first-order valence-electron chi connectivity index (χ1n) is 8.03. The molecule has 0 saturated carbocycles. The summed E-state index contributed by atoms with van der Waals surface area (Å²) in [5.41, 5.74) is 3.14. The van der Waals surface area contributed by atoms with Crippen molar-refractivity contribution >= 4 is 17.6 Å². The monoisotopic (exact) mass is 377 g/mol. The molecule has 144 valence electrons. The lowest BCUT2D eigenvalue weighted by atomic mass is 10.2. The average molecular weight is 377 g/mol. The number of nitrogen functional groups attached to an aromatic ring is 1. The summed E-state index contributed by atoms with van der Waals surface area (Å²) >= 11 is 0. The van der Waals surface area contributed by atoms with E-state index in [1.54, 1.807) is 0 Å². The van der Waals surface area contributed by atoms with Crippen molar-refractivity contribution in [2.45, 2.75) is 19.9 Å². The molecule has 2 heterocycles. The van der Waals surface area contributed by atoms with Crippen LogP contribution in [0, 0.1) is 0 Å². The van der Waals surface area contributed by atoms with Gasteiger partial charge in [-0.2, -0.15) is 5.10 Å². The molecule has 2 rings (SSSR count). The number of aryl methyl sites for hydroxylation is 1. The van der Waals surface area contributed by atoms with E-state index in [0.717, 1.165) is 13.8 Å². The molecule has 0 unspecified atom stereocenters. The van der Waals surface area contributed by atoms with Crippen molar-refractivity contribution in [3.63, 3.8) is 0 Å². The number of hydrogen-bond acceptors (Lipinski definition) is 8. The average Bonchev–Trinajstić information content (AvgIpc) is 2.65. The fourth-order valence-electron chi connectivity index (χ4n) is 2.33. The van der Waals surface area contributed by atoms with E-state index in [-0.39, 0.29) is 17.1 Å². The van der Waals surface area contributed by atoms with E-state index in [4.69, 9.17) is 10.5 Å².